The Bertz CT molecular complexity index is 967. The number of benzene rings is 2. The van der Waals surface area contributed by atoms with Gasteiger partial charge in [0, 0.05) is 24.8 Å². The van der Waals surface area contributed by atoms with Crippen LogP contribution in [0.1, 0.15) is 27.0 Å². The lowest BCUT2D eigenvalue weighted by molar-refractivity contribution is 0.0696. The molecule has 2 aromatic carbocycles. The Morgan fingerprint density at radius 1 is 1.08 bits per heavy atom. The smallest absolute Gasteiger partial charge is 0.341 e. The van der Waals surface area contributed by atoms with Gasteiger partial charge in [-0.25, -0.2) is 14.8 Å². The van der Waals surface area contributed by atoms with Crippen LogP contribution in [-0.4, -0.2) is 27.6 Å². The first-order valence-electron chi connectivity index (χ1n) is 8.61. The van der Waals surface area contributed by atoms with Gasteiger partial charge in [-0.05, 0) is 24.5 Å². The standard InChI is InChI=1S/C21H19N3O2/c1-14-6-8-16(9-7-14)19-22-12-18(21(25)26)20(23-19)24-11-10-15-4-2-3-5-17(15)13-24/h2-9,12H,10-11,13H2,1H3,(H,25,26). The number of aryl methyl sites for hydroxylation is 1. The summed E-state index contributed by atoms with van der Waals surface area (Å²) in [7, 11) is 0. The largest absolute Gasteiger partial charge is 0.477 e. The lowest BCUT2D eigenvalue weighted by Crippen LogP contribution is -2.32. The van der Waals surface area contributed by atoms with E-state index in [0.29, 0.717) is 18.2 Å². The van der Waals surface area contributed by atoms with E-state index in [-0.39, 0.29) is 5.56 Å². The monoisotopic (exact) mass is 345 g/mol. The normalized spacial score (nSPS) is 13.3. The quantitative estimate of drug-likeness (QED) is 0.784. The van der Waals surface area contributed by atoms with Gasteiger partial charge in [0.15, 0.2) is 5.82 Å². The molecule has 0 spiro atoms. The Labute approximate surface area is 152 Å². The van der Waals surface area contributed by atoms with Crippen LogP contribution in [0.5, 0.6) is 0 Å². The SMILES string of the molecule is Cc1ccc(-c2ncc(C(=O)O)c(N3CCc4ccccc4C3)n2)cc1. The van der Waals surface area contributed by atoms with E-state index in [2.05, 4.69) is 22.1 Å². The number of nitrogens with zero attached hydrogens (tertiary/aromatic N) is 3. The van der Waals surface area contributed by atoms with E-state index in [0.717, 1.165) is 24.1 Å². The summed E-state index contributed by atoms with van der Waals surface area (Å²) >= 11 is 0. The molecule has 4 rings (SSSR count). The molecule has 5 nitrogen and oxygen atoms in total. The van der Waals surface area contributed by atoms with E-state index in [1.54, 1.807) is 0 Å². The second kappa shape index (κ2) is 6.59. The van der Waals surface area contributed by atoms with Crippen molar-refractivity contribution in [3.8, 4) is 11.4 Å². The van der Waals surface area contributed by atoms with Crippen molar-refractivity contribution in [2.75, 3.05) is 11.4 Å². The van der Waals surface area contributed by atoms with Gasteiger partial charge < -0.3 is 10.0 Å². The van der Waals surface area contributed by atoms with E-state index < -0.39 is 5.97 Å². The van der Waals surface area contributed by atoms with Crippen LogP contribution >= 0.6 is 0 Å². The number of aromatic nitrogens is 2. The molecule has 1 aromatic heterocycles. The minimum absolute atomic E-state index is 0.139. The first-order valence-corrected chi connectivity index (χ1v) is 8.61. The molecular formula is C21H19N3O2. The van der Waals surface area contributed by atoms with Crippen LogP contribution in [0.3, 0.4) is 0 Å². The van der Waals surface area contributed by atoms with Gasteiger partial charge in [0.2, 0.25) is 0 Å². The zero-order chi connectivity index (χ0) is 18.1. The Hall–Kier alpha value is -3.21. The van der Waals surface area contributed by atoms with Gasteiger partial charge in [-0.15, -0.1) is 0 Å². The Kier molecular flexibility index (Phi) is 4.13. The molecule has 0 amide bonds. The summed E-state index contributed by atoms with van der Waals surface area (Å²) in [6, 6.07) is 16.2. The highest BCUT2D eigenvalue weighted by Gasteiger charge is 2.23. The van der Waals surface area contributed by atoms with E-state index >= 15 is 0 Å². The molecule has 26 heavy (non-hydrogen) atoms. The summed E-state index contributed by atoms with van der Waals surface area (Å²) in [5.74, 6) is 0.0238. The average Bonchev–Trinajstić information content (AvgIpc) is 2.67. The molecule has 0 atom stereocenters. The summed E-state index contributed by atoms with van der Waals surface area (Å²) < 4.78 is 0. The topological polar surface area (TPSA) is 66.3 Å². The van der Waals surface area contributed by atoms with E-state index in [9.17, 15) is 9.90 Å². The molecule has 0 bridgehead atoms. The number of anilines is 1. The van der Waals surface area contributed by atoms with Gasteiger partial charge in [0.05, 0.1) is 0 Å². The molecular weight excluding hydrogens is 326 g/mol. The molecule has 0 radical (unpaired) electrons. The van der Waals surface area contributed by atoms with Crippen molar-refractivity contribution < 1.29 is 9.90 Å². The number of rotatable bonds is 3. The zero-order valence-corrected chi connectivity index (χ0v) is 14.5. The number of carboxylic acids is 1. The van der Waals surface area contributed by atoms with Gasteiger partial charge in [0.25, 0.3) is 0 Å². The lowest BCUT2D eigenvalue weighted by Gasteiger charge is -2.30. The van der Waals surface area contributed by atoms with Crippen molar-refractivity contribution in [2.24, 2.45) is 0 Å². The minimum Gasteiger partial charge on any atom is -0.477 e. The van der Waals surface area contributed by atoms with Crippen LogP contribution in [0, 0.1) is 6.92 Å². The van der Waals surface area contributed by atoms with Gasteiger partial charge in [-0.2, -0.15) is 0 Å². The van der Waals surface area contributed by atoms with Crippen molar-refractivity contribution in [3.63, 3.8) is 0 Å². The third-order valence-electron chi connectivity index (χ3n) is 4.74. The van der Waals surface area contributed by atoms with Crippen molar-refractivity contribution >= 4 is 11.8 Å². The van der Waals surface area contributed by atoms with Crippen molar-refractivity contribution in [1.82, 2.24) is 9.97 Å². The number of carboxylic acid groups (broad SMARTS) is 1. The maximum Gasteiger partial charge on any atom is 0.341 e. The Morgan fingerprint density at radius 2 is 1.81 bits per heavy atom. The van der Waals surface area contributed by atoms with Crippen LogP contribution in [0.25, 0.3) is 11.4 Å². The molecule has 1 N–H and O–H groups in total. The van der Waals surface area contributed by atoms with Crippen LogP contribution in [0.15, 0.2) is 54.7 Å². The van der Waals surface area contributed by atoms with E-state index in [1.165, 1.54) is 17.3 Å². The molecule has 130 valence electrons. The molecule has 1 aliphatic heterocycles. The van der Waals surface area contributed by atoms with Crippen LogP contribution in [-0.2, 0) is 13.0 Å². The fourth-order valence-electron chi connectivity index (χ4n) is 3.28. The first-order chi connectivity index (χ1) is 12.6. The average molecular weight is 345 g/mol. The molecule has 2 heterocycles. The fourth-order valence-corrected chi connectivity index (χ4v) is 3.28. The predicted octanol–water partition coefficient (Wildman–Crippen LogP) is 3.71. The highest BCUT2D eigenvalue weighted by Crippen LogP contribution is 2.27. The summed E-state index contributed by atoms with van der Waals surface area (Å²) in [6.45, 7) is 3.41. The van der Waals surface area contributed by atoms with Gasteiger partial charge in [0.1, 0.15) is 11.4 Å². The third-order valence-corrected chi connectivity index (χ3v) is 4.74. The van der Waals surface area contributed by atoms with Gasteiger partial charge in [-0.3, -0.25) is 0 Å². The molecule has 0 fully saturated rings. The number of fused-ring (bicyclic) bond motifs is 1. The molecule has 1 aliphatic rings. The van der Waals surface area contributed by atoms with Crippen molar-refractivity contribution in [3.05, 3.63) is 77.0 Å². The zero-order valence-electron chi connectivity index (χ0n) is 14.5. The maximum absolute atomic E-state index is 11.7. The lowest BCUT2D eigenvalue weighted by atomic mass is 9.99. The Balaban J connectivity index is 1.75. The first kappa shape index (κ1) is 16.3. The maximum atomic E-state index is 11.7. The second-order valence-corrected chi connectivity index (χ2v) is 6.54. The third kappa shape index (κ3) is 3.04. The van der Waals surface area contributed by atoms with Crippen LogP contribution < -0.4 is 4.90 Å². The van der Waals surface area contributed by atoms with E-state index in [1.807, 2.05) is 48.2 Å². The van der Waals surface area contributed by atoms with Crippen LogP contribution in [0.2, 0.25) is 0 Å². The highest BCUT2D eigenvalue weighted by atomic mass is 16.4. The Morgan fingerprint density at radius 3 is 2.54 bits per heavy atom. The summed E-state index contributed by atoms with van der Waals surface area (Å²) in [6.07, 6.45) is 2.29. The fraction of sp³-hybridized carbons (Fsp3) is 0.190. The van der Waals surface area contributed by atoms with E-state index in [4.69, 9.17) is 0 Å². The minimum atomic E-state index is -1.01. The van der Waals surface area contributed by atoms with Gasteiger partial charge in [-0.1, -0.05) is 54.1 Å². The number of hydrogen-bond donors (Lipinski definition) is 1. The number of aromatic carboxylic acids is 1. The molecule has 0 saturated heterocycles. The van der Waals surface area contributed by atoms with Gasteiger partial charge >= 0.3 is 5.97 Å². The highest BCUT2D eigenvalue weighted by molar-refractivity contribution is 5.93. The predicted molar refractivity (Wildman–Crippen MR) is 100 cm³/mol. The summed E-state index contributed by atoms with van der Waals surface area (Å²) in [5.41, 5.74) is 4.70. The molecule has 0 unspecified atom stereocenters. The molecule has 5 heteroatoms. The second-order valence-electron chi connectivity index (χ2n) is 6.54. The summed E-state index contributed by atoms with van der Waals surface area (Å²) in [4.78, 5) is 22.6. The number of carbonyl (C=O) groups is 1. The molecule has 0 saturated carbocycles. The van der Waals surface area contributed by atoms with Crippen molar-refractivity contribution in [2.45, 2.75) is 19.9 Å². The number of hydrogen-bond acceptors (Lipinski definition) is 4. The van der Waals surface area contributed by atoms with Crippen molar-refractivity contribution in [1.29, 1.82) is 0 Å². The molecule has 0 aliphatic carbocycles. The summed E-state index contributed by atoms with van der Waals surface area (Å²) in [5, 5.41) is 9.58. The molecule has 3 aromatic rings. The van der Waals surface area contributed by atoms with Crippen LogP contribution in [0.4, 0.5) is 5.82 Å².